The van der Waals surface area contributed by atoms with Crippen LogP contribution in [0.4, 0.5) is 0 Å². The number of methoxy groups -OCH3 is 1. The Morgan fingerprint density at radius 1 is 1.14 bits per heavy atom. The molecule has 2 heterocycles. The minimum Gasteiger partial charge on any atom is -0.497 e. The van der Waals surface area contributed by atoms with Crippen LogP contribution in [0.5, 0.6) is 5.75 Å². The normalized spacial score (nSPS) is 15.4. The lowest BCUT2D eigenvalue weighted by Crippen LogP contribution is -2.44. The number of guanidine groups is 1. The van der Waals surface area contributed by atoms with Gasteiger partial charge in [-0.15, -0.1) is 0 Å². The van der Waals surface area contributed by atoms with E-state index in [9.17, 15) is 0 Å². The SMILES string of the molecule is COc1cccc(CN=C(NCCc2ccco2)NCCN2CCOCC2)c1. The summed E-state index contributed by atoms with van der Waals surface area (Å²) in [6, 6.07) is 11.9. The quantitative estimate of drug-likeness (QED) is 0.507. The summed E-state index contributed by atoms with van der Waals surface area (Å²) in [6.07, 6.45) is 2.52. The molecule has 1 aliphatic rings. The molecule has 1 fully saturated rings. The molecule has 1 aromatic heterocycles. The van der Waals surface area contributed by atoms with Crippen molar-refractivity contribution in [1.29, 1.82) is 0 Å². The molecule has 1 aliphatic heterocycles. The summed E-state index contributed by atoms with van der Waals surface area (Å²) in [5.74, 6) is 2.62. The minimum absolute atomic E-state index is 0.588. The summed E-state index contributed by atoms with van der Waals surface area (Å²) in [5, 5.41) is 6.84. The molecule has 0 amide bonds. The van der Waals surface area contributed by atoms with Crippen LogP contribution in [0.15, 0.2) is 52.1 Å². The van der Waals surface area contributed by atoms with Crippen molar-refractivity contribution < 1.29 is 13.9 Å². The first-order chi connectivity index (χ1) is 13.8. The maximum Gasteiger partial charge on any atom is 0.191 e. The molecule has 0 bridgehead atoms. The molecule has 3 rings (SSSR count). The Morgan fingerprint density at radius 3 is 2.79 bits per heavy atom. The van der Waals surface area contributed by atoms with Crippen molar-refractivity contribution in [3.8, 4) is 5.75 Å². The number of hydrogen-bond donors (Lipinski definition) is 2. The van der Waals surface area contributed by atoms with Gasteiger partial charge in [-0.2, -0.15) is 0 Å². The van der Waals surface area contributed by atoms with Crippen molar-refractivity contribution in [2.75, 3.05) is 53.0 Å². The molecule has 0 atom stereocenters. The second-order valence-electron chi connectivity index (χ2n) is 6.65. The number of ether oxygens (including phenoxy) is 2. The number of aliphatic imine (C=N–C) groups is 1. The fraction of sp³-hybridized carbons (Fsp3) is 0.476. The van der Waals surface area contributed by atoms with E-state index in [1.165, 1.54) is 0 Å². The van der Waals surface area contributed by atoms with Crippen LogP contribution in [0.25, 0.3) is 0 Å². The lowest BCUT2D eigenvalue weighted by Gasteiger charge is -2.26. The van der Waals surface area contributed by atoms with Crippen molar-refractivity contribution in [2.45, 2.75) is 13.0 Å². The predicted octanol–water partition coefficient (Wildman–Crippen LogP) is 1.90. The number of hydrogen-bond acceptors (Lipinski definition) is 5. The maximum atomic E-state index is 5.40. The molecule has 7 nitrogen and oxygen atoms in total. The van der Waals surface area contributed by atoms with Gasteiger partial charge in [0.05, 0.1) is 33.1 Å². The molecule has 0 radical (unpaired) electrons. The fourth-order valence-corrected chi connectivity index (χ4v) is 3.03. The van der Waals surface area contributed by atoms with E-state index in [2.05, 4.69) is 21.6 Å². The molecular formula is C21H30N4O3. The van der Waals surface area contributed by atoms with Crippen LogP contribution in [0, 0.1) is 0 Å². The summed E-state index contributed by atoms with van der Waals surface area (Å²) < 4.78 is 16.1. The highest BCUT2D eigenvalue weighted by Gasteiger charge is 2.10. The number of nitrogens with zero attached hydrogens (tertiary/aromatic N) is 2. The van der Waals surface area contributed by atoms with Gasteiger partial charge in [-0.1, -0.05) is 12.1 Å². The molecule has 0 aliphatic carbocycles. The molecule has 0 saturated carbocycles. The van der Waals surface area contributed by atoms with Crippen LogP contribution in [-0.4, -0.2) is 63.9 Å². The van der Waals surface area contributed by atoms with Gasteiger partial charge in [0.2, 0.25) is 0 Å². The standard InChI is InChI=1S/C21H30N4O3/c1-26-20-5-2-4-18(16-20)17-24-21(22-8-7-19-6-3-13-28-19)23-9-10-25-11-14-27-15-12-25/h2-6,13,16H,7-12,14-15,17H2,1H3,(H2,22,23,24). The van der Waals surface area contributed by atoms with Crippen LogP contribution in [0.1, 0.15) is 11.3 Å². The van der Waals surface area contributed by atoms with E-state index >= 15 is 0 Å². The molecule has 28 heavy (non-hydrogen) atoms. The van der Waals surface area contributed by atoms with Gasteiger partial charge in [-0.05, 0) is 29.8 Å². The van der Waals surface area contributed by atoms with Crippen LogP contribution in [-0.2, 0) is 17.7 Å². The van der Waals surface area contributed by atoms with Gasteiger partial charge in [0.15, 0.2) is 5.96 Å². The minimum atomic E-state index is 0.588. The van der Waals surface area contributed by atoms with Crippen LogP contribution < -0.4 is 15.4 Å². The van der Waals surface area contributed by atoms with Gasteiger partial charge in [-0.25, -0.2) is 4.99 Å². The van der Waals surface area contributed by atoms with Gasteiger partial charge < -0.3 is 24.5 Å². The summed E-state index contributed by atoms with van der Waals surface area (Å²) >= 11 is 0. The van der Waals surface area contributed by atoms with Crippen molar-refractivity contribution in [1.82, 2.24) is 15.5 Å². The summed E-state index contributed by atoms with van der Waals surface area (Å²) in [6.45, 7) is 6.77. The first-order valence-electron chi connectivity index (χ1n) is 9.81. The first-order valence-corrected chi connectivity index (χ1v) is 9.81. The van der Waals surface area contributed by atoms with Gasteiger partial charge in [0.25, 0.3) is 0 Å². The van der Waals surface area contributed by atoms with Gasteiger partial charge >= 0.3 is 0 Å². The molecule has 7 heteroatoms. The lowest BCUT2D eigenvalue weighted by molar-refractivity contribution is 0.0389. The Hall–Kier alpha value is -2.51. The van der Waals surface area contributed by atoms with Crippen LogP contribution >= 0.6 is 0 Å². The molecule has 152 valence electrons. The number of rotatable bonds is 9. The highest BCUT2D eigenvalue weighted by molar-refractivity contribution is 5.79. The topological polar surface area (TPSA) is 71.3 Å². The monoisotopic (exact) mass is 386 g/mol. The van der Waals surface area contributed by atoms with Crippen LogP contribution in [0.3, 0.4) is 0 Å². The smallest absolute Gasteiger partial charge is 0.191 e. The zero-order chi connectivity index (χ0) is 19.4. The number of morpholine rings is 1. The van der Waals surface area contributed by atoms with Crippen molar-refractivity contribution in [3.05, 3.63) is 54.0 Å². The second-order valence-corrected chi connectivity index (χ2v) is 6.65. The highest BCUT2D eigenvalue weighted by atomic mass is 16.5. The van der Waals surface area contributed by atoms with Crippen molar-refractivity contribution in [3.63, 3.8) is 0 Å². The van der Waals surface area contributed by atoms with E-state index in [4.69, 9.17) is 18.9 Å². The Balaban J connectivity index is 1.52. The first kappa shape index (κ1) is 20.2. The summed E-state index contributed by atoms with van der Waals surface area (Å²) in [5.41, 5.74) is 1.11. The Bertz CT molecular complexity index is 712. The number of benzene rings is 1. The average Bonchev–Trinajstić information content (AvgIpc) is 3.26. The largest absolute Gasteiger partial charge is 0.497 e. The highest BCUT2D eigenvalue weighted by Crippen LogP contribution is 2.13. The third kappa shape index (κ3) is 6.90. The third-order valence-corrected chi connectivity index (χ3v) is 4.62. The van der Waals surface area contributed by atoms with Crippen molar-refractivity contribution in [2.24, 2.45) is 4.99 Å². The molecule has 2 N–H and O–H groups in total. The predicted molar refractivity (Wildman–Crippen MR) is 110 cm³/mol. The van der Waals surface area contributed by atoms with Crippen molar-refractivity contribution >= 4 is 5.96 Å². The molecule has 2 aromatic rings. The number of nitrogens with one attached hydrogen (secondary N) is 2. The van der Waals surface area contributed by atoms with E-state index < -0.39 is 0 Å². The average molecular weight is 386 g/mol. The molecular weight excluding hydrogens is 356 g/mol. The van der Waals surface area contributed by atoms with E-state index in [1.54, 1.807) is 13.4 Å². The molecule has 1 aromatic carbocycles. The summed E-state index contributed by atoms with van der Waals surface area (Å²) in [4.78, 5) is 7.14. The van der Waals surface area contributed by atoms with E-state index in [1.807, 2.05) is 30.3 Å². The fourth-order valence-electron chi connectivity index (χ4n) is 3.03. The Morgan fingerprint density at radius 2 is 2.00 bits per heavy atom. The molecule has 1 saturated heterocycles. The molecule has 0 spiro atoms. The molecule has 0 unspecified atom stereocenters. The maximum absolute atomic E-state index is 5.40. The van der Waals surface area contributed by atoms with Gasteiger partial charge in [0.1, 0.15) is 11.5 Å². The van der Waals surface area contributed by atoms with E-state index in [0.717, 1.165) is 75.4 Å². The third-order valence-electron chi connectivity index (χ3n) is 4.62. The Labute approximate surface area is 166 Å². The number of furan rings is 1. The summed E-state index contributed by atoms with van der Waals surface area (Å²) in [7, 11) is 1.68. The second kappa shape index (κ2) is 11.4. The van der Waals surface area contributed by atoms with E-state index in [0.29, 0.717) is 6.54 Å². The zero-order valence-corrected chi connectivity index (χ0v) is 16.5. The Kier molecular flexibility index (Phi) is 8.21. The van der Waals surface area contributed by atoms with Gasteiger partial charge in [0, 0.05) is 39.1 Å². The van der Waals surface area contributed by atoms with E-state index in [-0.39, 0.29) is 0 Å². The zero-order valence-electron chi connectivity index (χ0n) is 16.5. The van der Waals surface area contributed by atoms with Gasteiger partial charge in [-0.3, -0.25) is 4.90 Å². The lowest BCUT2D eigenvalue weighted by atomic mass is 10.2. The van der Waals surface area contributed by atoms with Crippen LogP contribution in [0.2, 0.25) is 0 Å².